The molecule has 9 nitrogen and oxygen atoms in total. The molecule has 2 aliphatic rings. The van der Waals surface area contributed by atoms with Crippen molar-refractivity contribution >= 4 is 37.3 Å². The summed E-state index contributed by atoms with van der Waals surface area (Å²) in [5.74, 6) is 0. The second kappa shape index (κ2) is 15.1. The van der Waals surface area contributed by atoms with Gasteiger partial charge in [-0.15, -0.1) is 0 Å². The van der Waals surface area contributed by atoms with Crippen molar-refractivity contribution < 1.29 is 35.6 Å². The van der Waals surface area contributed by atoms with Crippen LogP contribution in [0.5, 0.6) is 0 Å². The van der Waals surface area contributed by atoms with Crippen molar-refractivity contribution in [1.29, 1.82) is 0 Å². The molecule has 0 fully saturated rings. The Labute approximate surface area is 325 Å². The van der Waals surface area contributed by atoms with E-state index in [1.54, 1.807) is 24.3 Å². The van der Waals surface area contributed by atoms with Gasteiger partial charge in [0.1, 0.15) is 6.54 Å². The summed E-state index contributed by atoms with van der Waals surface area (Å²) >= 11 is 0. The van der Waals surface area contributed by atoms with Crippen LogP contribution in [-0.4, -0.2) is 61.0 Å². The summed E-state index contributed by atoms with van der Waals surface area (Å²) in [5.41, 5.74) is 10.8. The molecule has 4 aromatic rings. The molecule has 0 bridgehead atoms. The summed E-state index contributed by atoms with van der Waals surface area (Å²) in [6.45, 7) is 14.7. The van der Waals surface area contributed by atoms with Gasteiger partial charge in [-0.3, -0.25) is 9.11 Å². The third-order valence-corrected chi connectivity index (χ3v) is 12.7. The smallest absolute Gasteiger partial charge is 0.294 e. The Morgan fingerprint density at radius 2 is 1.25 bits per heavy atom. The van der Waals surface area contributed by atoms with Gasteiger partial charge in [-0.05, 0) is 129 Å². The van der Waals surface area contributed by atoms with Crippen molar-refractivity contribution in [2.45, 2.75) is 75.0 Å². The van der Waals surface area contributed by atoms with Crippen LogP contribution in [0.25, 0.3) is 22.3 Å². The van der Waals surface area contributed by atoms with Gasteiger partial charge in [0, 0.05) is 47.7 Å². The zero-order valence-corrected chi connectivity index (χ0v) is 33.7. The number of hydrogen-bond acceptors (Lipinski definition) is 6. The third-order valence-electron chi connectivity index (χ3n) is 10.9. The van der Waals surface area contributed by atoms with Gasteiger partial charge in [0.15, 0.2) is 5.71 Å². The topological polar surface area (TPSA) is 135 Å². The number of allylic oxidation sites excluding steroid dienone is 6. The Hall–Kier alpha value is -4.65. The molecule has 11 heteroatoms. The molecular formula is C44H49N2O7S2+. The summed E-state index contributed by atoms with van der Waals surface area (Å²) in [4.78, 5) is 2.04. The van der Waals surface area contributed by atoms with E-state index in [0.29, 0.717) is 12.8 Å². The summed E-state index contributed by atoms with van der Waals surface area (Å²) in [6, 6.07) is 25.1. The Kier molecular flexibility index (Phi) is 11.0. The minimum atomic E-state index is -4.28. The molecule has 0 atom stereocenters. The SMILES string of the molecule is CCN1C(=CC=C(C=CC2=[N+](CC)c3ccc(-c4ccc(S(=O)(=O)O)cc4)cc3C2(C)C)CCCO)C(C)(C)c2cc(-c3ccc(S(=O)(=O)O)cc3)ccc21. The van der Waals surface area contributed by atoms with Crippen LogP contribution in [0, 0.1) is 0 Å². The van der Waals surface area contributed by atoms with Crippen LogP contribution in [0.4, 0.5) is 11.4 Å². The average molecular weight is 782 g/mol. The number of nitrogens with zero attached hydrogens (tertiary/aromatic N) is 2. The normalized spacial score (nSPS) is 17.4. The Bertz CT molecular complexity index is 2480. The molecular weight excluding hydrogens is 733 g/mol. The van der Waals surface area contributed by atoms with Crippen LogP contribution in [0.1, 0.15) is 65.5 Å². The van der Waals surface area contributed by atoms with Crippen LogP contribution in [0.3, 0.4) is 0 Å². The molecule has 0 unspecified atom stereocenters. The summed E-state index contributed by atoms with van der Waals surface area (Å²) in [5, 5.41) is 9.81. The van der Waals surface area contributed by atoms with Gasteiger partial charge in [0.2, 0.25) is 5.69 Å². The maximum atomic E-state index is 11.6. The zero-order valence-electron chi connectivity index (χ0n) is 32.1. The lowest BCUT2D eigenvalue weighted by molar-refractivity contribution is -0.433. The lowest BCUT2D eigenvalue weighted by Gasteiger charge is -2.26. The largest absolute Gasteiger partial charge is 0.396 e. The fourth-order valence-electron chi connectivity index (χ4n) is 7.91. The second-order valence-electron chi connectivity index (χ2n) is 15.0. The number of fused-ring (bicyclic) bond motifs is 2. The first-order valence-corrected chi connectivity index (χ1v) is 21.4. The van der Waals surface area contributed by atoms with Crippen molar-refractivity contribution in [3.8, 4) is 22.3 Å². The third kappa shape index (κ3) is 7.77. The number of aliphatic hydroxyl groups excluding tert-OH is 1. The molecule has 6 rings (SSSR count). The quantitative estimate of drug-likeness (QED) is 0.0738. The van der Waals surface area contributed by atoms with Gasteiger partial charge >= 0.3 is 0 Å². The minimum Gasteiger partial charge on any atom is -0.396 e. The van der Waals surface area contributed by atoms with Gasteiger partial charge < -0.3 is 10.0 Å². The summed E-state index contributed by atoms with van der Waals surface area (Å²) in [7, 11) is -8.55. The van der Waals surface area contributed by atoms with Crippen LogP contribution in [0.15, 0.2) is 130 Å². The molecule has 4 aromatic carbocycles. The van der Waals surface area contributed by atoms with Crippen molar-refractivity contribution in [3.05, 3.63) is 132 Å². The Morgan fingerprint density at radius 3 is 1.76 bits per heavy atom. The molecule has 2 aliphatic heterocycles. The average Bonchev–Trinajstić information content (AvgIpc) is 3.50. The molecule has 288 valence electrons. The van der Waals surface area contributed by atoms with Gasteiger partial charge in [-0.1, -0.05) is 56.3 Å². The van der Waals surface area contributed by atoms with Crippen LogP contribution in [-0.2, 0) is 31.1 Å². The lowest BCUT2D eigenvalue weighted by atomic mass is 9.80. The fraction of sp³-hybridized carbons (Fsp3) is 0.295. The van der Waals surface area contributed by atoms with E-state index < -0.39 is 20.2 Å². The van der Waals surface area contributed by atoms with Crippen molar-refractivity contribution in [1.82, 2.24) is 0 Å². The van der Waals surface area contributed by atoms with E-state index in [2.05, 4.69) is 99.6 Å². The number of hydrogen-bond donors (Lipinski definition) is 3. The molecule has 55 heavy (non-hydrogen) atoms. The number of anilines is 1. The van der Waals surface area contributed by atoms with Crippen LogP contribution < -0.4 is 4.90 Å². The number of rotatable bonds is 12. The molecule has 0 spiro atoms. The van der Waals surface area contributed by atoms with E-state index in [-0.39, 0.29) is 27.2 Å². The molecule has 0 amide bonds. The summed E-state index contributed by atoms with van der Waals surface area (Å²) in [6.07, 6.45) is 10.0. The summed E-state index contributed by atoms with van der Waals surface area (Å²) < 4.78 is 67.5. The molecule has 0 aromatic heterocycles. The first-order valence-electron chi connectivity index (χ1n) is 18.5. The Morgan fingerprint density at radius 1 is 0.727 bits per heavy atom. The van der Waals surface area contributed by atoms with Crippen molar-refractivity contribution in [3.63, 3.8) is 0 Å². The lowest BCUT2D eigenvalue weighted by Crippen LogP contribution is -2.27. The standard InChI is InChI=1S/C44H48N2O7S2/c1-7-45-39-23-17-33(31-13-19-35(20-14-31)54(48,49)50)28-37(39)43(3,4)41(45)25-11-30(10-9-27-47)12-26-42-44(5,6)38-29-34(18-24-40(38)46(42)8-2)32-15-21-36(22-16-32)55(51,52)53/h11-26,28-29,47H,7-10,27H2,1-6H3,(H-,48,49,50,51,52,53)/p+1. The van der Waals surface area contributed by atoms with Gasteiger partial charge in [0.25, 0.3) is 20.2 Å². The molecule has 0 saturated carbocycles. The van der Waals surface area contributed by atoms with E-state index in [1.807, 2.05) is 12.1 Å². The monoisotopic (exact) mass is 781 g/mol. The van der Waals surface area contributed by atoms with E-state index in [9.17, 15) is 31.0 Å². The molecule has 0 aliphatic carbocycles. The first-order chi connectivity index (χ1) is 25.9. The van der Waals surface area contributed by atoms with E-state index in [0.717, 1.165) is 74.8 Å². The minimum absolute atomic E-state index is 0.0797. The second-order valence-corrected chi connectivity index (χ2v) is 17.9. The van der Waals surface area contributed by atoms with Gasteiger partial charge in [0.05, 0.1) is 15.2 Å². The van der Waals surface area contributed by atoms with Crippen molar-refractivity contribution in [2.24, 2.45) is 0 Å². The maximum absolute atomic E-state index is 11.6. The van der Waals surface area contributed by atoms with Crippen molar-refractivity contribution in [2.75, 3.05) is 24.6 Å². The van der Waals surface area contributed by atoms with Gasteiger partial charge in [-0.2, -0.15) is 21.4 Å². The number of aliphatic hydroxyl groups is 1. The maximum Gasteiger partial charge on any atom is 0.294 e. The molecule has 2 heterocycles. The molecule has 3 N–H and O–H groups in total. The highest BCUT2D eigenvalue weighted by atomic mass is 32.2. The van der Waals surface area contributed by atoms with Crippen LogP contribution in [0.2, 0.25) is 0 Å². The predicted molar refractivity (Wildman–Crippen MR) is 220 cm³/mol. The molecule has 0 radical (unpaired) electrons. The predicted octanol–water partition coefficient (Wildman–Crippen LogP) is 8.87. The first kappa shape index (κ1) is 40.0. The number of benzene rings is 4. The van der Waals surface area contributed by atoms with Gasteiger partial charge in [-0.25, -0.2) is 0 Å². The highest BCUT2D eigenvalue weighted by Gasteiger charge is 2.44. The Balaban J connectivity index is 1.32. The number of likely N-dealkylation sites (N-methyl/N-ethyl adjacent to an activating group) is 1. The molecule has 0 saturated heterocycles. The highest BCUT2D eigenvalue weighted by molar-refractivity contribution is 7.86. The van der Waals surface area contributed by atoms with E-state index >= 15 is 0 Å². The van der Waals surface area contributed by atoms with E-state index in [4.69, 9.17) is 0 Å². The fourth-order valence-corrected chi connectivity index (χ4v) is 8.87. The van der Waals surface area contributed by atoms with E-state index in [1.165, 1.54) is 24.3 Å². The highest BCUT2D eigenvalue weighted by Crippen LogP contribution is 2.49. The zero-order chi connectivity index (χ0) is 39.9. The van der Waals surface area contributed by atoms with Crippen LogP contribution >= 0.6 is 0 Å².